The van der Waals surface area contributed by atoms with Gasteiger partial charge < -0.3 is 19.9 Å². The molecule has 0 aliphatic carbocycles. The van der Waals surface area contributed by atoms with Crippen LogP contribution in [0.15, 0.2) is 30.3 Å². The molecule has 0 bridgehead atoms. The molecule has 19 heavy (non-hydrogen) atoms. The largest absolute Gasteiger partial charge is 0.454 e. The summed E-state index contributed by atoms with van der Waals surface area (Å²) >= 11 is 0. The molecule has 0 unspecified atom stereocenters. The van der Waals surface area contributed by atoms with E-state index in [4.69, 9.17) is 19.9 Å². The Labute approximate surface area is 107 Å². The molecular formula is C13H9F2NO3. The number of anilines is 1. The van der Waals surface area contributed by atoms with Gasteiger partial charge in [0.1, 0.15) is 5.75 Å². The highest BCUT2D eigenvalue weighted by atomic mass is 19.1. The van der Waals surface area contributed by atoms with Crippen molar-refractivity contribution in [1.29, 1.82) is 0 Å². The third-order valence-corrected chi connectivity index (χ3v) is 2.58. The van der Waals surface area contributed by atoms with Gasteiger partial charge in [-0.1, -0.05) is 0 Å². The predicted molar refractivity (Wildman–Crippen MR) is 63.4 cm³/mol. The van der Waals surface area contributed by atoms with Gasteiger partial charge in [0.25, 0.3) is 0 Å². The van der Waals surface area contributed by atoms with E-state index in [9.17, 15) is 8.78 Å². The van der Waals surface area contributed by atoms with Crippen molar-refractivity contribution in [2.24, 2.45) is 0 Å². The summed E-state index contributed by atoms with van der Waals surface area (Å²) in [4.78, 5) is 0. The number of hydrogen-bond donors (Lipinski definition) is 1. The maximum absolute atomic E-state index is 13.6. The van der Waals surface area contributed by atoms with Crippen LogP contribution in [0.5, 0.6) is 23.0 Å². The fourth-order valence-electron chi connectivity index (χ4n) is 1.74. The van der Waals surface area contributed by atoms with Gasteiger partial charge in [0.15, 0.2) is 28.9 Å². The fraction of sp³-hybridized carbons (Fsp3) is 0.0769. The second-order valence-electron chi connectivity index (χ2n) is 3.93. The Morgan fingerprint density at radius 2 is 1.68 bits per heavy atom. The summed E-state index contributed by atoms with van der Waals surface area (Å²) in [5.74, 6) is -0.968. The third-order valence-electron chi connectivity index (χ3n) is 2.58. The van der Waals surface area contributed by atoms with E-state index in [2.05, 4.69) is 0 Å². The van der Waals surface area contributed by atoms with Gasteiger partial charge >= 0.3 is 0 Å². The number of benzene rings is 2. The molecule has 98 valence electrons. The molecule has 1 aliphatic rings. The molecule has 6 heteroatoms. The number of rotatable bonds is 2. The van der Waals surface area contributed by atoms with Crippen LogP contribution in [-0.4, -0.2) is 6.79 Å². The zero-order valence-corrected chi connectivity index (χ0v) is 9.65. The van der Waals surface area contributed by atoms with Gasteiger partial charge in [-0.25, -0.2) is 8.78 Å². The van der Waals surface area contributed by atoms with Crippen LogP contribution >= 0.6 is 0 Å². The van der Waals surface area contributed by atoms with Gasteiger partial charge in [-0.2, -0.15) is 0 Å². The number of fused-ring (bicyclic) bond motifs is 1. The molecule has 0 atom stereocenters. The molecule has 1 aliphatic heterocycles. The lowest BCUT2D eigenvalue weighted by molar-refractivity contribution is 0.174. The van der Waals surface area contributed by atoms with Gasteiger partial charge in [-0.15, -0.1) is 0 Å². The first-order valence-corrected chi connectivity index (χ1v) is 5.45. The summed E-state index contributed by atoms with van der Waals surface area (Å²) in [5.41, 5.74) is 5.32. The Kier molecular flexibility index (Phi) is 2.63. The molecule has 3 rings (SSSR count). The van der Waals surface area contributed by atoms with Gasteiger partial charge in [0.05, 0.1) is 0 Å². The standard InChI is InChI=1S/C13H9F2NO3/c14-9-3-7(16)4-10(15)13(9)19-8-1-2-11-12(5-8)18-6-17-11/h1-5H,6,16H2. The topological polar surface area (TPSA) is 53.7 Å². The first-order valence-electron chi connectivity index (χ1n) is 5.45. The Hall–Kier alpha value is -2.50. The molecule has 0 saturated heterocycles. The van der Waals surface area contributed by atoms with E-state index < -0.39 is 17.4 Å². The van der Waals surface area contributed by atoms with Crippen molar-refractivity contribution in [3.8, 4) is 23.0 Å². The lowest BCUT2D eigenvalue weighted by Gasteiger charge is -2.09. The van der Waals surface area contributed by atoms with Crippen LogP contribution < -0.4 is 19.9 Å². The van der Waals surface area contributed by atoms with Crippen LogP contribution in [0.4, 0.5) is 14.5 Å². The number of hydrogen-bond acceptors (Lipinski definition) is 4. The number of nitrogens with two attached hydrogens (primary N) is 1. The fourth-order valence-corrected chi connectivity index (χ4v) is 1.74. The SMILES string of the molecule is Nc1cc(F)c(Oc2ccc3c(c2)OCO3)c(F)c1. The van der Waals surface area contributed by atoms with E-state index in [-0.39, 0.29) is 18.2 Å². The number of ether oxygens (including phenoxy) is 3. The second kappa shape index (κ2) is 4.31. The minimum Gasteiger partial charge on any atom is -0.454 e. The summed E-state index contributed by atoms with van der Waals surface area (Å²) < 4.78 is 42.6. The minimum atomic E-state index is -0.866. The molecule has 2 aromatic carbocycles. The molecule has 2 aromatic rings. The lowest BCUT2D eigenvalue weighted by atomic mass is 10.2. The van der Waals surface area contributed by atoms with Crippen molar-refractivity contribution in [1.82, 2.24) is 0 Å². The molecule has 2 N–H and O–H groups in total. The third kappa shape index (κ3) is 2.12. The zero-order chi connectivity index (χ0) is 13.4. The van der Waals surface area contributed by atoms with Crippen molar-refractivity contribution >= 4 is 5.69 Å². The van der Waals surface area contributed by atoms with E-state index in [0.29, 0.717) is 11.5 Å². The van der Waals surface area contributed by atoms with Crippen molar-refractivity contribution in [3.63, 3.8) is 0 Å². The Balaban J connectivity index is 1.93. The van der Waals surface area contributed by atoms with E-state index in [1.165, 1.54) is 12.1 Å². The Morgan fingerprint density at radius 1 is 1.00 bits per heavy atom. The first kappa shape index (κ1) is 11.6. The molecule has 1 heterocycles. The average Bonchev–Trinajstić information content (AvgIpc) is 2.81. The zero-order valence-electron chi connectivity index (χ0n) is 9.65. The van der Waals surface area contributed by atoms with E-state index in [0.717, 1.165) is 12.1 Å². The first-order chi connectivity index (χ1) is 9.13. The predicted octanol–water partition coefficient (Wildman–Crippen LogP) is 3.07. The van der Waals surface area contributed by atoms with Crippen molar-refractivity contribution in [2.75, 3.05) is 12.5 Å². The highest BCUT2D eigenvalue weighted by molar-refractivity contribution is 5.49. The van der Waals surface area contributed by atoms with Crippen molar-refractivity contribution < 1.29 is 23.0 Å². The molecular weight excluding hydrogens is 256 g/mol. The van der Waals surface area contributed by atoms with Crippen LogP contribution in [0, 0.1) is 11.6 Å². The highest BCUT2D eigenvalue weighted by Gasteiger charge is 2.17. The van der Waals surface area contributed by atoms with Crippen molar-refractivity contribution in [3.05, 3.63) is 42.0 Å². The Morgan fingerprint density at radius 3 is 2.42 bits per heavy atom. The molecule has 0 aromatic heterocycles. The van der Waals surface area contributed by atoms with Gasteiger partial charge in [0.2, 0.25) is 6.79 Å². The average molecular weight is 265 g/mol. The van der Waals surface area contributed by atoms with Crippen LogP contribution in [-0.2, 0) is 0 Å². The van der Waals surface area contributed by atoms with Crippen molar-refractivity contribution in [2.45, 2.75) is 0 Å². The van der Waals surface area contributed by atoms with Gasteiger partial charge in [-0.05, 0) is 12.1 Å². The maximum Gasteiger partial charge on any atom is 0.231 e. The summed E-state index contributed by atoms with van der Waals surface area (Å²) in [6.07, 6.45) is 0. The molecule has 0 fully saturated rings. The molecule has 0 spiro atoms. The normalized spacial score (nSPS) is 12.5. The van der Waals surface area contributed by atoms with Gasteiger partial charge in [-0.3, -0.25) is 0 Å². The quantitative estimate of drug-likeness (QED) is 0.848. The smallest absolute Gasteiger partial charge is 0.231 e. The van der Waals surface area contributed by atoms with Crippen LogP contribution in [0.25, 0.3) is 0 Å². The lowest BCUT2D eigenvalue weighted by Crippen LogP contribution is -1.95. The van der Waals surface area contributed by atoms with Crippen LogP contribution in [0.3, 0.4) is 0 Å². The summed E-state index contributed by atoms with van der Waals surface area (Å²) in [6.45, 7) is 0.114. The Bertz CT molecular complexity index is 623. The van der Waals surface area contributed by atoms with Gasteiger partial charge in [0, 0.05) is 23.9 Å². The van der Waals surface area contributed by atoms with Crippen LogP contribution in [0.1, 0.15) is 0 Å². The summed E-state index contributed by atoms with van der Waals surface area (Å²) in [5, 5.41) is 0. The van der Waals surface area contributed by atoms with E-state index >= 15 is 0 Å². The molecule has 4 nitrogen and oxygen atoms in total. The summed E-state index contributed by atoms with van der Waals surface area (Å²) in [7, 11) is 0. The monoisotopic (exact) mass is 265 g/mol. The number of halogens is 2. The number of nitrogen functional groups attached to an aromatic ring is 1. The van der Waals surface area contributed by atoms with E-state index in [1.807, 2.05) is 0 Å². The maximum atomic E-state index is 13.6. The van der Waals surface area contributed by atoms with Crippen LogP contribution in [0.2, 0.25) is 0 Å². The molecule has 0 saturated carbocycles. The summed E-state index contributed by atoms with van der Waals surface area (Å²) in [6, 6.07) is 6.61. The molecule has 0 radical (unpaired) electrons. The van der Waals surface area contributed by atoms with E-state index in [1.54, 1.807) is 6.07 Å². The minimum absolute atomic E-state index is 0.00645. The molecule has 0 amide bonds. The second-order valence-corrected chi connectivity index (χ2v) is 3.93. The highest BCUT2D eigenvalue weighted by Crippen LogP contribution is 2.37.